The van der Waals surface area contributed by atoms with Gasteiger partial charge in [0.25, 0.3) is 5.91 Å². The lowest BCUT2D eigenvalue weighted by Crippen LogP contribution is -2.46. The quantitative estimate of drug-likeness (QED) is 0.842. The van der Waals surface area contributed by atoms with Gasteiger partial charge in [-0.15, -0.1) is 11.3 Å². The first-order valence-electron chi connectivity index (χ1n) is 9.61. The van der Waals surface area contributed by atoms with Crippen LogP contribution in [0.3, 0.4) is 0 Å². The van der Waals surface area contributed by atoms with Gasteiger partial charge in [-0.25, -0.2) is 4.98 Å². The summed E-state index contributed by atoms with van der Waals surface area (Å²) in [6.07, 6.45) is 5.74. The third-order valence-electron chi connectivity index (χ3n) is 5.11. The molecule has 2 unspecified atom stereocenters. The molecule has 2 aliphatic heterocycles. The van der Waals surface area contributed by atoms with Crippen molar-refractivity contribution in [3.63, 3.8) is 0 Å². The van der Waals surface area contributed by atoms with E-state index in [0.717, 1.165) is 48.7 Å². The van der Waals surface area contributed by atoms with Gasteiger partial charge in [0.15, 0.2) is 0 Å². The van der Waals surface area contributed by atoms with Crippen molar-refractivity contribution < 1.29 is 9.59 Å². The van der Waals surface area contributed by atoms with Gasteiger partial charge in [-0.2, -0.15) is 0 Å². The van der Waals surface area contributed by atoms with Crippen molar-refractivity contribution in [1.82, 2.24) is 20.5 Å². The topological polar surface area (TPSA) is 74.3 Å². The predicted molar refractivity (Wildman–Crippen MR) is 103 cm³/mol. The highest BCUT2D eigenvalue weighted by molar-refractivity contribution is 7.13. The molecule has 144 valence electrons. The summed E-state index contributed by atoms with van der Waals surface area (Å²) in [5.41, 5.74) is -0.0355. The lowest BCUT2D eigenvalue weighted by molar-refractivity contribution is -0.123. The van der Waals surface area contributed by atoms with E-state index in [2.05, 4.69) is 36.4 Å². The molecule has 2 aliphatic rings. The normalized spacial score (nSPS) is 23.9. The molecule has 0 bridgehead atoms. The van der Waals surface area contributed by atoms with Gasteiger partial charge in [0.2, 0.25) is 5.91 Å². The summed E-state index contributed by atoms with van der Waals surface area (Å²) in [4.78, 5) is 32.1. The summed E-state index contributed by atoms with van der Waals surface area (Å²) >= 11 is 1.50. The van der Waals surface area contributed by atoms with Crippen molar-refractivity contribution in [1.29, 1.82) is 0 Å². The first-order valence-corrected chi connectivity index (χ1v) is 10.4. The fraction of sp³-hybridized carbons (Fsp3) is 0.737. The molecule has 0 spiro atoms. The SMILES string of the molecule is CC(C)(C)c1ncc(C(=O)N2CCCC(CNC(=O)C3CCCN3)C2)s1. The third kappa shape index (κ3) is 4.62. The maximum Gasteiger partial charge on any atom is 0.265 e. The van der Waals surface area contributed by atoms with E-state index < -0.39 is 0 Å². The number of hydrogen-bond acceptors (Lipinski definition) is 5. The van der Waals surface area contributed by atoms with Gasteiger partial charge in [0.1, 0.15) is 4.88 Å². The largest absolute Gasteiger partial charge is 0.354 e. The molecule has 26 heavy (non-hydrogen) atoms. The fourth-order valence-corrected chi connectivity index (χ4v) is 4.51. The summed E-state index contributed by atoms with van der Waals surface area (Å²) in [5, 5.41) is 7.28. The van der Waals surface area contributed by atoms with Gasteiger partial charge in [-0.05, 0) is 38.1 Å². The lowest BCUT2D eigenvalue weighted by atomic mass is 9.97. The van der Waals surface area contributed by atoms with Gasteiger partial charge in [0.05, 0.1) is 17.2 Å². The summed E-state index contributed by atoms with van der Waals surface area (Å²) in [6, 6.07) is -0.0377. The lowest BCUT2D eigenvalue weighted by Gasteiger charge is -2.32. The van der Waals surface area contributed by atoms with Crippen molar-refractivity contribution in [3.8, 4) is 0 Å². The van der Waals surface area contributed by atoms with Crippen molar-refractivity contribution in [2.75, 3.05) is 26.2 Å². The molecule has 2 atom stereocenters. The number of thiazole rings is 1. The van der Waals surface area contributed by atoms with Gasteiger partial charge in [-0.1, -0.05) is 20.8 Å². The number of rotatable bonds is 4. The predicted octanol–water partition coefficient (Wildman–Crippen LogP) is 2.16. The van der Waals surface area contributed by atoms with Crippen LogP contribution >= 0.6 is 11.3 Å². The number of amides is 2. The highest BCUT2D eigenvalue weighted by Crippen LogP contribution is 2.28. The van der Waals surface area contributed by atoms with Crippen LogP contribution in [0.15, 0.2) is 6.20 Å². The number of nitrogens with zero attached hydrogens (tertiary/aromatic N) is 2. The standard InChI is InChI=1S/C19H30N4O2S/c1-19(2,3)18-22-11-15(26-18)17(25)23-9-5-6-13(12-23)10-21-16(24)14-7-4-8-20-14/h11,13-14,20H,4-10,12H2,1-3H3,(H,21,24). The van der Waals surface area contributed by atoms with Gasteiger partial charge in [0, 0.05) is 25.0 Å². The number of carbonyl (C=O) groups excluding carboxylic acids is 2. The van der Waals surface area contributed by atoms with Crippen molar-refractivity contribution in [3.05, 3.63) is 16.1 Å². The zero-order valence-electron chi connectivity index (χ0n) is 16.0. The molecule has 2 N–H and O–H groups in total. The highest BCUT2D eigenvalue weighted by Gasteiger charge is 2.28. The average molecular weight is 379 g/mol. The smallest absolute Gasteiger partial charge is 0.265 e. The second kappa shape index (κ2) is 8.05. The van der Waals surface area contributed by atoms with Gasteiger partial charge in [-0.3, -0.25) is 9.59 Å². The van der Waals surface area contributed by atoms with E-state index in [9.17, 15) is 9.59 Å². The first kappa shape index (κ1) is 19.3. The van der Waals surface area contributed by atoms with Crippen LogP contribution in [0.4, 0.5) is 0 Å². The third-order valence-corrected chi connectivity index (χ3v) is 6.52. The molecule has 3 heterocycles. The molecule has 1 aromatic rings. The van der Waals surface area contributed by atoms with Crippen LogP contribution in [0.5, 0.6) is 0 Å². The minimum absolute atomic E-state index is 0.0355. The van der Waals surface area contributed by atoms with Crippen LogP contribution in [0.2, 0.25) is 0 Å². The first-order chi connectivity index (χ1) is 12.3. The maximum absolute atomic E-state index is 12.8. The zero-order valence-corrected chi connectivity index (χ0v) is 16.8. The number of hydrogen-bond donors (Lipinski definition) is 2. The molecule has 1 aromatic heterocycles. The van der Waals surface area contributed by atoms with Crippen molar-refractivity contribution in [2.45, 2.75) is 57.9 Å². The van der Waals surface area contributed by atoms with Crippen LogP contribution in [-0.4, -0.2) is 53.9 Å². The second-order valence-corrected chi connectivity index (χ2v) is 9.46. The van der Waals surface area contributed by atoms with E-state index in [1.807, 2.05) is 4.90 Å². The maximum atomic E-state index is 12.8. The molecule has 6 nitrogen and oxygen atoms in total. The van der Waals surface area contributed by atoms with E-state index in [-0.39, 0.29) is 23.3 Å². The monoisotopic (exact) mass is 378 g/mol. The molecule has 0 radical (unpaired) electrons. The average Bonchev–Trinajstić information content (AvgIpc) is 3.30. The molecule has 2 amide bonds. The van der Waals surface area contributed by atoms with Crippen molar-refractivity contribution in [2.24, 2.45) is 5.92 Å². The van der Waals surface area contributed by atoms with Gasteiger partial charge < -0.3 is 15.5 Å². The Bertz CT molecular complexity index is 646. The molecule has 7 heteroatoms. The van der Waals surface area contributed by atoms with Crippen LogP contribution in [0.1, 0.15) is 61.1 Å². The van der Waals surface area contributed by atoms with E-state index in [0.29, 0.717) is 19.0 Å². The minimum atomic E-state index is -0.0377. The number of aromatic nitrogens is 1. The van der Waals surface area contributed by atoms with E-state index in [4.69, 9.17) is 0 Å². The summed E-state index contributed by atoms with van der Waals surface area (Å²) in [5.74, 6) is 0.503. The molecule has 0 aliphatic carbocycles. The molecular weight excluding hydrogens is 348 g/mol. The van der Waals surface area contributed by atoms with Crippen LogP contribution < -0.4 is 10.6 Å². The molecule has 0 saturated carbocycles. The van der Waals surface area contributed by atoms with E-state index >= 15 is 0 Å². The minimum Gasteiger partial charge on any atom is -0.354 e. The summed E-state index contributed by atoms with van der Waals surface area (Å²) < 4.78 is 0. The Morgan fingerprint density at radius 3 is 2.81 bits per heavy atom. The molecule has 0 aromatic carbocycles. The zero-order chi connectivity index (χ0) is 18.7. The van der Waals surface area contributed by atoms with Crippen LogP contribution in [0, 0.1) is 5.92 Å². The number of nitrogens with one attached hydrogen (secondary N) is 2. The second-order valence-electron chi connectivity index (χ2n) is 8.43. The number of carbonyl (C=O) groups is 2. The molecule has 2 saturated heterocycles. The van der Waals surface area contributed by atoms with Gasteiger partial charge >= 0.3 is 0 Å². The van der Waals surface area contributed by atoms with E-state index in [1.54, 1.807) is 6.20 Å². The highest BCUT2D eigenvalue weighted by atomic mass is 32.1. The molecule has 2 fully saturated rings. The van der Waals surface area contributed by atoms with Crippen LogP contribution in [0.25, 0.3) is 0 Å². The Balaban J connectivity index is 1.53. The molecular formula is C19H30N4O2S. The molecule has 3 rings (SSSR count). The Kier molecular flexibility index (Phi) is 5.97. The van der Waals surface area contributed by atoms with Crippen LogP contribution in [-0.2, 0) is 10.2 Å². The Hall–Kier alpha value is -1.47. The Labute approximate surface area is 159 Å². The Morgan fingerprint density at radius 1 is 1.35 bits per heavy atom. The number of piperidine rings is 1. The fourth-order valence-electron chi connectivity index (χ4n) is 3.57. The van der Waals surface area contributed by atoms with E-state index in [1.165, 1.54) is 11.3 Å². The summed E-state index contributed by atoms with van der Waals surface area (Å²) in [7, 11) is 0. The van der Waals surface area contributed by atoms with Crippen molar-refractivity contribution >= 4 is 23.2 Å². The number of likely N-dealkylation sites (tertiary alicyclic amines) is 1. The summed E-state index contributed by atoms with van der Waals surface area (Å²) in [6.45, 7) is 9.40. The Morgan fingerprint density at radius 2 is 2.15 bits per heavy atom.